The first kappa shape index (κ1) is 22.1. The Morgan fingerprint density at radius 2 is 1.71 bits per heavy atom. The first-order valence-electron chi connectivity index (χ1n) is 11.8. The molecular weight excluding hydrogens is 424 g/mol. The third kappa shape index (κ3) is 4.14. The summed E-state index contributed by atoms with van der Waals surface area (Å²) in [5.41, 5.74) is 11.5. The fraction of sp³-hybridized carbons (Fsp3) is 0.333. The molecule has 1 saturated carbocycles. The first-order chi connectivity index (χ1) is 16.3. The second-order valence-corrected chi connectivity index (χ2v) is 10.0. The fourth-order valence-electron chi connectivity index (χ4n) is 4.51. The normalized spacial score (nSPS) is 15.0. The Morgan fingerprint density at radius 3 is 2.35 bits per heavy atom. The smallest absolute Gasteiger partial charge is 0.257 e. The zero-order chi connectivity index (χ0) is 23.9. The van der Waals surface area contributed by atoms with Crippen LogP contribution in [0, 0.1) is 0 Å². The molecule has 0 atom stereocenters. The number of nitrogens with one attached hydrogen (secondary N) is 1. The third-order valence-electron chi connectivity index (χ3n) is 6.49. The van der Waals surface area contributed by atoms with Gasteiger partial charge in [0.05, 0.1) is 17.2 Å². The number of nitrogens with two attached hydrogens (primary N) is 1. The van der Waals surface area contributed by atoms with Gasteiger partial charge in [0.1, 0.15) is 16.9 Å². The lowest BCUT2D eigenvalue weighted by molar-refractivity contribution is 0.0940. The Bertz CT molecular complexity index is 1390. The molecule has 1 amide bonds. The Labute approximate surface area is 199 Å². The van der Waals surface area contributed by atoms with E-state index in [9.17, 15) is 4.79 Å². The molecule has 5 rings (SSSR count). The van der Waals surface area contributed by atoms with Crippen LogP contribution >= 0.6 is 0 Å². The maximum absolute atomic E-state index is 13.3. The molecule has 0 bridgehead atoms. The predicted octanol–water partition coefficient (Wildman–Crippen LogP) is 5.02. The van der Waals surface area contributed by atoms with Crippen molar-refractivity contribution in [3.8, 4) is 0 Å². The van der Waals surface area contributed by atoms with Crippen LogP contribution < -0.4 is 11.1 Å². The van der Waals surface area contributed by atoms with Gasteiger partial charge < -0.3 is 11.1 Å². The average molecular weight is 455 g/mol. The fourth-order valence-corrected chi connectivity index (χ4v) is 4.51. The number of hydrogen-bond donors (Lipinski definition) is 2. The summed E-state index contributed by atoms with van der Waals surface area (Å²) < 4.78 is 1.52. The largest absolute Gasteiger partial charge is 0.383 e. The number of carbonyl (C=O) groups is 1. The van der Waals surface area contributed by atoms with Gasteiger partial charge in [-0.25, -0.2) is 9.97 Å². The number of nitrogens with zero attached hydrogens (tertiary/aromatic N) is 4. The van der Waals surface area contributed by atoms with Crippen molar-refractivity contribution >= 4 is 40.1 Å². The molecule has 0 saturated heterocycles. The lowest BCUT2D eigenvalue weighted by Crippen LogP contribution is -2.33. The molecule has 2 heterocycles. The van der Waals surface area contributed by atoms with E-state index in [4.69, 9.17) is 15.7 Å². The number of carbonyl (C=O) groups excluding carboxylic acids is 1. The molecule has 4 aromatic rings. The minimum atomic E-state index is -0.220. The zero-order valence-electron chi connectivity index (χ0n) is 19.9. The maximum atomic E-state index is 13.3. The maximum Gasteiger partial charge on any atom is 0.257 e. The Morgan fingerprint density at radius 1 is 1.06 bits per heavy atom. The van der Waals surface area contributed by atoms with E-state index in [0.717, 1.165) is 36.8 Å². The number of para-hydroxylation sites is 2. The first-order valence-corrected chi connectivity index (χ1v) is 11.8. The van der Waals surface area contributed by atoms with Gasteiger partial charge in [0, 0.05) is 6.04 Å². The molecule has 2 aromatic carbocycles. The van der Waals surface area contributed by atoms with Crippen LogP contribution in [0.1, 0.15) is 67.9 Å². The van der Waals surface area contributed by atoms with E-state index in [-0.39, 0.29) is 23.2 Å². The van der Waals surface area contributed by atoms with Crippen LogP contribution in [-0.2, 0) is 5.41 Å². The summed E-state index contributed by atoms with van der Waals surface area (Å²) >= 11 is 0. The SMILES string of the molecule is CC(C)(C)c1ccc(/C=N\n2c(N)c(C(=O)NC3CCCC3)c3nc4ccccc4nc32)cc1. The lowest BCUT2D eigenvalue weighted by atomic mass is 9.87. The van der Waals surface area contributed by atoms with Gasteiger partial charge in [-0.15, -0.1) is 0 Å². The number of fused-ring (bicyclic) bond motifs is 2. The molecule has 3 N–H and O–H groups in total. The minimum Gasteiger partial charge on any atom is -0.383 e. The van der Waals surface area contributed by atoms with Gasteiger partial charge in [-0.1, -0.05) is 70.0 Å². The number of rotatable bonds is 4. The summed E-state index contributed by atoms with van der Waals surface area (Å²) in [6.07, 6.45) is 5.97. The van der Waals surface area contributed by atoms with Gasteiger partial charge in [0.25, 0.3) is 5.91 Å². The molecule has 7 nitrogen and oxygen atoms in total. The summed E-state index contributed by atoms with van der Waals surface area (Å²) in [6.45, 7) is 6.55. The van der Waals surface area contributed by atoms with Crippen molar-refractivity contribution < 1.29 is 4.79 Å². The summed E-state index contributed by atoms with van der Waals surface area (Å²) in [4.78, 5) is 22.8. The molecular formula is C27H30N6O. The van der Waals surface area contributed by atoms with Crippen LogP contribution in [0.15, 0.2) is 53.6 Å². The molecule has 0 radical (unpaired) electrons. The number of aromatic nitrogens is 3. The second-order valence-electron chi connectivity index (χ2n) is 10.0. The van der Waals surface area contributed by atoms with E-state index in [1.54, 1.807) is 6.21 Å². The van der Waals surface area contributed by atoms with Crippen molar-refractivity contribution in [1.29, 1.82) is 0 Å². The topological polar surface area (TPSA) is 98.2 Å². The van der Waals surface area contributed by atoms with Crippen LogP contribution in [0.4, 0.5) is 5.82 Å². The monoisotopic (exact) mass is 454 g/mol. The second kappa shape index (κ2) is 8.56. The minimum absolute atomic E-state index is 0.0783. The highest BCUT2D eigenvalue weighted by Crippen LogP contribution is 2.29. The van der Waals surface area contributed by atoms with E-state index in [1.165, 1.54) is 10.2 Å². The summed E-state index contributed by atoms with van der Waals surface area (Å²) in [5, 5.41) is 7.75. The molecule has 0 spiro atoms. The van der Waals surface area contributed by atoms with Crippen molar-refractivity contribution in [2.45, 2.75) is 57.9 Å². The highest BCUT2D eigenvalue weighted by molar-refractivity contribution is 6.10. The number of hydrogen-bond acceptors (Lipinski definition) is 5. The Kier molecular flexibility index (Phi) is 5.55. The number of benzene rings is 2. The van der Waals surface area contributed by atoms with E-state index in [1.807, 2.05) is 36.4 Å². The zero-order valence-corrected chi connectivity index (χ0v) is 19.9. The van der Waals surface area contributed by atoms with Crippen LogP contribution in [0.2, 0.25) is 0 Å². The molecule has 34 heavy (non-hydrogen) atoms. The number of anilines is 1. The van der Waals surface area contributed by atoms with Gasteiger partial charge in [-0.3, -0.25) is 4.79 Å². The average Bonchev–Trinajstić information content (AvgIpc) is 3.41. The van der Waals surface area contributed by atoms with Crippen molar-refractivity contribution in [2.24, 2.45) is 5.10 Å². The highest BCUT2D eigenvalue weighted by Gasteiger charge is 2.26. The molecule has 7 heteroatoms. The molecule has 0 unspecified atom stereocenters. The van der Waals surface area contributed by atoms with Gasteiger partial charge in [0.2, 0.25) is 0 Å². The van der Waals surface area contributed by atoms with Crippen molar-refractivity contribution in [1.82, 2.24) is 20.0 Å². The van der Waals surface area contributed by atoms with Gasteiger partial charge in [-0.2, -0.15) is 9.78 Å². The lowest BCUT2D eigenvalue weighted by Gasteiger charge is -2.18. The molecule has 1 aliphatic rings. The van der Waals surface area contributed by atoms with Gasteiger partial charge in [-0.05, 0) is 41.5 Å². The molecule has 2 aromatic heterocycles. The molecule has 1 aliphatic carbocycles. The molecule has 174 valence electrons. The Balaban J connectivity index is 1.59. The van der Waals surface area contributed by atoms with Crippen molar-refractivity contribution in [3.05, 3.63) is 65.2 Å². The van der Waals surface area contributed by atoms with Crippen LogP contribution in [0.5, 0.6) is 0 Å². The van der Waals surface area contributed by atoms with E-state index >= 15 is 0 Å². The van der Waals surface area contributed by atoms with Gasteiger partial charge >= 0.3 is 0 Å². The summed E-state index contributed by atoms with van der Waals surface area (Å²) in [7, 11) is 0. The molecule has 1 fully saturated rings. The van der Waals surface area contributed by atoms with Crippen LogP contribution in [0.3, 0.4) is 0 Å². The highest BCUT2D eigenvalue weighted by atomic mass is 16.1. The van der Waals surface area contributed by atoms with Crippen molar-refractivity contribution in [2.75, 3.05) is 5.73 Å². The standard InChI is InChI=1S/C27H30N6O/c1-27(2,3)18-14-12-17(13-15-18)16-29-33-24(28)22(26(34)30-19-8-4-5-9-19)23-25(33)32-21-11-7-6-10-20(21)31-23/h6-7,10-16,19H,4-5,8-9,28H2,1-3H3,(H,30,34)/b29-16-. The van der Waals surface area contributed by atoms with E-state index in [2.05, 4.69) is 43.3 Å². The summed E-state index contributed by atoms with van der Waals surface area (Å²) in [6, 6.07) is 16.0. The van der Waals surface area contributed by atoms with E-state index in [0.29, 0.717) is 22.2 Å². The van der Waals surface area contributed by atoms with E-state index < -0.39 is 0 Å². The van der Waals surface area contributed by atoms with Crippen LogP contribution in [-0.4, -0.2) is 32.8 Å². The van der Waals surface area contributed by atoms with Crippen molar-refractivity contribution in [3.63, 3.8) is 0 Å². The van der Waals surface area contributed by atoms with Crippen LogP contribution in [0.25, 0.3) is 22.2 Å². The third-order valence-corrected chi connectivity index (χ3v) is 6.49. The quantitative estimate of drug-likeness (QED) is 0.423. The van der Waals surface area contributed by atoms with Gasteiger partial charge in [0.15, 0.2) is 5.65 Å². The summed E-state index contributed by atoms with van der Waals surface area (Å²) in [5.74, 6) is 0.0193. The Hall–Kier alpha value is -3.74. The number of nitrogen functional groups attached to an aromatic ring is 1. The predicted molar refractivity (Wildman–Crippen MR) is 137 cm³/mol. The molecule has 0 aliphatic heterocycles. The number of amides is 1.